The molecule has 1 saturated heterocycles. The Morgan fingerprint density at radius 2 is 2.25 bits per heavy atom. The SMILES string of the molecule is CCC(CCN)CCCNC1(C)CCOC1. The van der Waals surface area contributed by atoms with Gasteiger partial charge in [0, 0.05) is 12.1 Å². The number of hydrogen-bond donors (Lipinski definition) is 2. The summed E-state index contributed by atoms with van der Waals surface area (Å²) < 4.78 is 5.42. The van der Waals surface area contributed by atoms with E-state index < -0.39 is 0 Å². The van der Waals surface area contributed by atoms with Crippen molar-refractivity contribution in [2.24, 2.45) is 11.7 Å². The average Bonchev–Trinajstić information content (AvgIpc) is 2.70. The topological polar surface area (TPSA) is 47.3 Å². The van der Waals surface area contributed by atoms with Gasteiger partial charge in [0.05, 0.1) is 6.61 Å². The molecule has 0 saturated carbocycles. The maximum Gasteiger partial charge on any atom is 0.0646 e. The highest BCUT2D eigenvalue weighted by Crippen LogP contribution is 2.18. The first-order valence-electron chi connectivity index (χ1n) is 6.73. The van der Waals surface area contributed by atoms with Crippen molar-refractivity contribution in [3.63, 3.8) is 0 Å². The van der Waals surface area contributed by atoms with Gasteiger partial charge < -0.3 is 15.8 Å². The zero-order valence-corrected chi connectivity index (χ0v) is 10.9. The van der Waals surface area contributed by atoms with E-state index in [9.17, 15) is 0 Å². The molecule has 1 aliphatic heterocycles. The molecule has 3 heteroatoms. The van der Waals surface area contributed by atoms with Crippen molar-refractivity contribution in [2.45, 2.75) is 51.5 Å². The van der Waals surface area contributed by atoms with Crippen molar-refractivity contribution in [2.75, 3.05) is 26.3 Å². The van der Waals surface area contributed by atoms with E-state index in [1.54, 1.807) is 0 Å². The van der Waals surface area contributed by atoms with E-state index in [0.29, 0.717) is 0 Å². The van der Waals surface area contributed by atoms with Gasteiger partial charge in [-0.15, -0.1) is 0 Å². The number of hydrogen-bond acceptors (Lipinski definition) is 3. The Morgan fingerprint density at radius 3 is 2.81 bits per heavy atom. The lowest BCUT2D eigenvalue weighted by atomic mass is 9.96. The Morgan fingerprint density at radius 1 is 1.44 bits per heavy atom. The first kappa shape index (κ1) is 13.9. The summed E-state index contributed by atoms with van der Waals surface area (Å²) in [5, 5.41) is 3.62. The maximum absolute atomic E-state index is 5.60. The largest absolute Gasteiger partial charge is 0.379 e. The second-order valence-corrected chi connectivity index (χ2v) is 5.28. The van der Waals surface area contributed by atoms with Crippen LogP contribution in [0.15, 0.2) is 0 Å². The molecule has 0 aliphatic carbocycles. The second kappa shape index (κ2) is 7.25. The van der Waals surface area contributed by atoms with Gasteiger partial charge in [0.15, 0.2) is 0 Å². The molecular weight excluding hydrogens is 200 g/mol. The van der Waals surface area contributed by atoms with Crippen LogP contribution in [0.25, 0.3) is 0 Å². The zero-order chi connectivity index (χ0) is 11.9. The quantitative estimate of drug-likeness (QED) is 0.624. The van der Waals surface area contributed by atoms with Crippen molar-refractivity contribution < 1.29 is 4.74 Å². The number of rotatable bonds is 8. The van der Waals surface area contributed by atoms with Gasteiger partial charge in [-0.3, -0.25) is 0 Å². The third kappa shape index (κ3) is 4.81. The fourth-order valence-electron chi connectivity index (χ4n) is 2.38. The molecule has 16 heavy (non-hydrogen) atoms. The Labute approximate surface area is 100 Å². The van der Waals surface area contributed by atoms with Crippen LogP contribution in [-0.4, -0.2) is 31.8 Å². The van der Waals surface area contributed by atoms with Crippen LogP contribution in [0.2, 0.25) is 0 Å². The molecule has 2 atom stereocenters. The van der Waals surface area contributed by atoms with Gasteiger partial charge in [0.25, 0.3) is 0 Å². The first-order chi connectivity index (χ1) is 7.70. The van der Waals surface area contributed by atoms with Crippen LogP contribution in [0, 0.1) is 5.92 Å². The zero-order valence-electron chi connectivity index (χ0n) is 10.9. The molecular formula is C13H28N2O. The van der Waals surface area contributed by atoms with Crippen LogP contribution < -0.4 is 11.1 Å². The average molecular weight is 228 g/mol. The van der Waals surface area contributed by atoms with Crippen molar-refractivity contribution >= 4 is 0 Å². The number of nitrogens with one attached hydrogen (secondary N) is 1. The molecule has 0 spiro atoms. The molecule has 0 amide bonds. The van der Waals surface area contributed by atoms with Crippen LogP contribution >= 0.6 is 0 Å². The highest BCUT2D eigenvalue weighted by molar-refractivity contribution is 4.86. The second-order valence-electron chi connectivity index (χ2n) is 5.28. The summed E-state index contributed by atoms with van der Waals surface area (Å²) in [6.45, 7) is 8.25. The lowest BCUT2D eigenvalue weighted by Crippen LogP contribution is -2.43. The molecule has 1 heterocycles. The minimum atomic E-state index is 0.232. The summed E-state index contributed by atoms with van der Waals surface area (Å²) in [5.74, 6) is 0.819. The minimum absolute atomic E-state index is 0.232. The van der Waals surface area contributed by atoms with Crippen LogP contribution in [0.3, 0.4) is 0 Å². The molecule has 2 unspecified atom stereocenters. The van der Waals surface area contributed by atoms with Gasteiger partial charge in [0.1, 0.15) is 0 Å². The van der Waals surface area contributed by atoms with E-state index in [0.717, 1.165) is 38.6 Å². The van der Waals surface area contributed by atoms with Crippen molar-refractivity contribution in [1.29, 1.82) is 0 Å². The number of ether oxygens (including phenoxy) is 1. The molecule has 96 valence electrons. The summed E-state index contributed by atoms with van der Waals surface area (Å²) in [6.07, 6.45) is 6.15. The predicted molar refractivity (Wildman–Crippen MR) is 68.5 cm³/mol. The number of nitrogens with two attached hydrogens (primary N) is 1. The van der Waals surface area contributed by atoms with E-state index in [1.807, 2.05) is 0 Å². The van der Waals surface area contributed by atoms with Gasteiger partial charge in [0.2, 0.25) is 0 Å². The summed E-state index contributed by atoms with van der Waals surface area (Å²) in [6, 6.07) is 0. The lowest BCUT2D eigenvalue weighted by Gasteiger charge is -2.24. The van der Waals surface area contributed by atoms with E-state index in [4.69, 9.17) is 10.5 Å². The summed E-state index contributed by atoms with van der Waals surface area (Å²) in [4.78, 5) is 0. The lowest BCUT2D eigenvalue weighted by molar-refractivity contribution is 0.171. The van der Waals surface area contributed by atoms with Crippen LogP contribution in [0.1, 0.15) is 46.0 Å². The van der Waals surface area contributed by atoms with Crippen LogP contribution in [0.4, 0.5) is 0 Å². The molecule has 0 aromatic heterocycles. The van der Waals surface area contributed by atoms with Gasteiger partial charge in [-0.05, 0) is 51.6 Å². The first-order valence-corrected chi connectivity index (χ1v) is 6.73. The molecule has 0 radical (unpaired) electrons. The Bertz CT molecular complexity index is 179. The predicted octanol–water partition coefficient (Wildman–Crippen LogP) is 1.91. The van der Waals surface area contributed by atoms with Gasteiger partial charge in [-0.25, -0.2) is 0 Å². The minimum Gasteiger partial charge on any atom is -0.379 e. The third-order valence-corrected chi connectivity index (χ3v) is 3.71. The fourth-order valence-corrected chi connectivity index (χ4v) is 2.38. The Hall–Kier alpha value is -0.120. The monoisotopic (exact) mass is 228 g/mol. The highest BCUT2D eigenvalue weighted by atomic mass is 16.5. The Kier molecular flexibility index (Phi) is 6.32. The van der Waals surface area contributed by atoms with Gasteiger partial charge in [-0.1, -0.05) is 13.3 Å². The van der Waals surface area contributed by atoms with Crippen LogP contribution in [0.5, 0.6) is 0 Å². The highest BCUT2D eigenvalue weighted by Gasteiger charge is 2.28. The van der Waals surface area contributed by atoms with Gasteiger partial charge in [-0.2, -0.15) is 0 Å². The van der Waals surface area contributed by atoms with Crippen molar-refractivity contribution in [3.8, 4) is 0 Å². The molecule has 1 aliphatic rings. The van der Waals surface area contributed by atoms with Crippen molar-refractivity contribution in [1.82, 2.24) is 5.32 Å². The molecule has 1 rings (SSSR count). The van der Waals surface area contributed by atoms with E-state index >= 15 is 0 Å². The molecule has 1 fully saturated rings. The fraction of sp³-hybridized carbons (Fsp3) is 1.00. The standard InChI is InChI=1S/C13H28N2O/c1-3-12(6-8-14)5-4-9-15-13(2)7-10-16-11-13/h12,15H,3-11,14H2,1-2H3. The molecule has 0 bridgehead atoms. The molecule has 0 aromatic carbocycles. The van der Waals surface area contributed by atoms with Crippen molar-refractivity contribution in [3.05, 3.63) is 0 Å². The van der Waals surface area contributed by atoms with Crippen LogP contribution in [-0.2, 0) is 4.74 Å². The third-order valence-electron chi connectivity index (χ3n) is 3.71. The smallest absolute Gasteiger partial charge is 0.0646 e. The normalized spacial score (nSPS) is 27.2. The molecule has 0 aromatic rings. The Balaban J connectivity index is 2.06. The van der Waals surface area contributed by atoms with E-state index in [1.165, 1.54) is 25.7 Å². The molecule has 3 N–H and O–H groups in total. The van der Waals surface area contributed by atoms with Gasteiger partial charge >= 0.3 is 0 Å². The summed E-state index contributed by atoms with van der Waals surface area (Å²) in [5.41, 5.74) is 5.83. The summed E-state index contributed by atoms with van der Waals surface area (Å²) in [7, 11) is 0. The summed E-state index contributed by atoms with van der Waals surface area (Å²) >= 11 is 0. The maximum atomic E-state index is 5.60. The molecule has 3 nitrogen and oxygen atoms in total. The van der Waals surface area contributed by atoms with E-state index in [2.05, 4.69) is 19.2 Å². The van der Waals surface area contributed by atoms with E-state index in [-0.39, 0.29) is 5.54 Å².